The lowest BCUT2D eigenvalue weighted by Gasteiger charge is -2.20. The van der Waals surface area contributed by atoms with E-state index < -0.39 is 11.9 Å². The Kier molecular flexibility index (Phi) is 7.06. The van der Waals surface area contributed by atoms with E-state index in [9.17, 15) is 20.1 Å². The molecule has 0 aliphatic rings. The van der Waals surface area contributed by atoms with Gasteiger partial charge >= 0.3 is 5.97 Å². The van der Waals surface area contributed by atoms with Crippen molar-refractivity contribution in [1.29, 1.82) is 0 Å². The number of aromatic hydroxyl groups is 1. The largest absolute Gasteiger partial charge is 0.507 e. The SMILES string of the molecule is Cc1c(O)c(C(CO)CO)cc(OCc2ccccc2)c1C(=O)Oc1ccccc1. The fourth-order valence-corrected chi connectivity index (χ4v) is 3.12. The van der Waals surface area contributed by atoms with Crippen LogP contribution in [0.5, 0.6) is 17.2 Å². The molecule has 0 unspecified atom stereocenters. The first-order valence-corrected chi connectivity index (χ1v) is 9.57. The zero-order chi connectivity index (χ0) is 21.5. The number of hydrogen-bond donors (Lipinski definition) is 3. The predicted molar refractivity (Wildman–Crippen MR) is 112 cm³/mol. The maximum atomic E-state index is 12.9. The Bertz CT molecular complexity index is 982. The summed E-state index contributed by atoms with van der Waals surface area (Å²) in [5, 5.41) is 29.8. The number of phenols is 1. The smallest absolute Gasteiger partial charge is 0.347 e. The van der Waals surface area contributed by atoms with E-state index in [-0.39, 0.29) is 42.4 Å². The van der Waals surface area contributed by atoms with E-state index in [1.165, 1.54) is 6.07 Å². The molecule has 0 heterocycles. The van der Waals surface area contributed by atoms with Gasteiger partial charge in [0.25, 0.3) is 0 Å². The first kappa shape index (κ1) is 21.4. The molecule has 0 saturated carbocycles. The molecule has 0 aliphatic heterocycles. The molecule has 6 heteroatoms. The Hall–Kier alpha value is -3.35. The van der Waals surface area contributed by atoms with Crippen molar-refractivity contribution in [2.75, 3.05) is 13.2 Å². The average molecular weight is 408 g/mol. The van der Waals surface area contributed by atoms with Gasteiger partial charge in [-0.2, -0.15) is 0 Å². The Labute approximate surface area is 175 Å². The van der Waals surface area contributed by atoms with Crippen molar-refractivity contribution < 1.29 is 29.6 Å². The summed E-state index contributed by atoms with van der Waals surface area (Å²) in [7, 11) is 0. The molecule has 0 radical (unpaired) electrons. The molecule has 3 aromatic rings. The Morgan fingerprint density at radius 1 is 0.967 bits per heavy atom. The Morgan fingerprint density at radius 2 is 1.57 bits per heavy atom. The van der Waals surface area contributed by atoms with Gasteiger partial charge in [-0.15, -0.1) is 0 Å². The first-order valence-electron chi connectivity index (χ1n) is 9.57. The van der Waals surface area contributed by atoms with Crippen LogP contribution >= 0.6 is 0 Å². The second-order valence-electron chi connectivity index (χ2n) is 6.85. The number of carbonyl (C=O) groups is 1. The minimum Gasteiger partial charge on any atom is -0.507 e. The van der Waals surface area contributed by atoms with Crippen LogP contribution in [0.1, 0.15) is 33.0 Å². The standard InChI is InChI=1S/C24H24O6/c1-16-22(24(28)30-19-10-6-3-7-11-19)21(29-15-17-8-4-2-5-9-17)12-20(23(16)27)18(13-25)14-26/h2-12,18,25-27H,13-15H2,1H3. The minimum absolute atomic E-state index is 0.0886. The lowest BCUT2D eigenvalue weighted by molar-refractivity contribution is 0.0728. The fraction of sp³-hybridized carbons (Fsp3) is 0.208. The lowest BCUT2D eigenvalue weighted by Crippen LogP contribution is -2.16. The molecule has 0 spiro atoms. The maximum absolute atomic E-state index is 12.9. The van der Waals surface area contributed by atoms with Gasteiger partial charge in [0.05, 0.1) is 13.2 Å². The average Bonchev–Trinajstić information content (AvgIpc) is 2.77. The molecule has 6 nitrogen and oxygen atoms in total. The summed E-state index contributed by atoms with van der Waals surface area (Å²) in [6, 6.07) is 19.5. The molecule has 0 bridgehead atoms. The van der Waals surface area contributed by atoms with E-state index >= 15 is 0 Å². The number of aliphatic hydroxyl groups excluding tert-OH is 2. The van der Waals surface area contributed by atoms with Crippen molar-refractivity contribution in [1.82, 2.24) is 0 Å². The zero-order valence-corrected chi connectivity index (χ0v) is 16.6. The van der Waals surface area contributed by atoms with Gasteiger partial charge < -0.3 is 24.8 Å². The summed E-state index contributed by atoms with van der Waals surface area (Å²) in [5.74, 6) is -0.995. The number of benzene rings is 3. The molecule has 156 valence electrons. The monoisotopic (exact) mass is 408 g/mol. The minimum atomic E-state index is -0.707. The number of aliphatic hydroxyl groups is 2. The molecule has 0 atom stereocenters. The van der Waals surface area contributed by atoms with E-state index in [4.69, 9.17) is 9.47 Å². The van der Waals surface area contributed by atoms with Gasteiger partial charge in [0.2, 0.25) is 0 Å². The van der Waals surface area contributed by atoms with Crippen molar-refractivity contribution in [2.45, 2.75) is 19.4 Å². The third-order valence-corrected chi connectivity index (χ3v) is 4.81. The van der Waals surface area contributed by atoms with Gasteiger partial charge in [-0.1, -0.05) is 48.5 Å². The molecule has 0 saturated heterocycles. The van der Waals surface area contributed by atoms with E-state index in [0.29, 0.717) is 11.3 Å². The number of hydrogen-bond acceptors (Lipinski definition) is 6. The third-order valence-electron chi connectivity index (χ3n) is 4.81. The fourth-order valence-electron chi connectivity index (χ4n) is 3.12. The summed E-state index contributed by atoms with van der Waals surface area (Å²) in [5.41, 5.74) is 1.54. The van der Waals surface area contributed by atoms with Crippen LogP contribution in [0.2, 0.25) is 0 Å². The van der Waals surface area contributed by atoms with Gasteiger partial charge in [-0.25, -0.2) is 4.79 Å². The Balaban J connectivity index is 2.01. The van der Waals surface area contributed by atoms with Gasteiger partial charge in [0, 0.05) is 17.0 Å². The quantitative estimate of drug-likeness (QED) is 0.390. The van der Waals surface area contributed by atoms with E-state index in [1.807, 2.05) is 36.4 Å². The van der Waals surface area contributed by atoms with E-state index in [0.717, 1.165) is 5.56 Å². The van der Waals surface area contributed by atoms with Gasteiger partial charge in [-0.05, 0) is 30.7 Å². The van der Waals surface area contributed by atoms with E-state index in [2.05, 4.69) is 0 Å². The first-order chi connectivity index (χ1) is 14.5. The number of para-hydroxylation sites is 1. The van der Waals surface area contributed by atoms with Gasteiger partial charge in [-0.3, -0.25) is 0 Å². The van der Waals surface area contributed by atoms with Crippen LogP contribution in [-0.4, -0.2) is 34.5 Å². The van der Waals surface area contributed by atoms with Gasteiger partial charge in [0.15, 0.2) is 0 Å². The molecular formula is C24H24O6. The normalized spacial score (nSPS) is 10.8. The van der Waals surface area contributed by atoms with Crippen molar-refractivity contribution in [2.24, 2.45) is 0 Å². The molecule has 3 N–H and O–H groups in total. The number of rotatable bonds is 8. The zero-order valence-electron chi connectivity index (χ0n) is 16.6. The second kappa shape index (κ2) is 9.91. The van der Waals surface area contributed by atoms with Crippen molar-refractivity contribution >= 4 is 5.97 Å². The highest BCUT2D eigenvalue weighted by Gasteiger charge is 2.26. The number of ether oxygens (including phenoxy) is 2. The topological polar surface area (TPSA) is 96.2 Å². The highest BCUT2D eigenvalue weighted by atomic mass is 16.5. The highest BCUT2D eigenvalue weighted by molar-refractivity contribution is 5.96. The molecule has 0 aliphatic carbocycles. The van der Waals surface area contributed by atoms with Crippen molar-refractivity contribution in [3.8, 4) is 17.2 Å². The molecule has 30 heavy (non-hydrogen) atoms. The summed E-state index contributed by atoms with van der Waals surface area (Å²) in [4.78, 5) is 12.9. The molecule has 0 fully saturated rings. The third kappa shape index (κ3) is 4.79. The van der Waals surface area contributed by atoms with Crippen molar-refractivity contribution in [3.63, 3.8) is 0 Å². The summed E-state index contributed by atoms with van der Waals surface area (Å²) in [6.45, 7) is 1.03. The second-order valence-corrected chi connectivity index (χ2v) is 6.85. The van der Waals surface area contributed by atoms with Crippen LogP contribution in [0.15, 0.2) is 66.7 Å². The van der Waals surface area contributed by atoms with Gasteiger partial charge in [0.1, 0.15) is 29.4 Å². The maximum Gasteiger partial charge on any atom is 0.347 e. The van der Waals surface area contributed by atoms with E-state index in [1.54, 1.807) is 31.2 Å². The van der Waals surface area contributed by atoms with Crippen LogP contribution in [0.25, 0.3) is 0 Å². The summed E-state index contributed by atoms with van der Waals surface area (Å²) in [6.07, 6.45) is 0. The summed E-state index contributed by atoms with van der Waals surface area (Å²) >= 11 is 0. The number of esters is 1. The molecular weight excluding hydrogens is 384 g/mol. The molecule has 3 aromatic carbocycles. The lowest BCUT2D eigenvalue weighted by atomic mass is 9.93. The van der Waals surface area contributed by atoms with Crippen LogP contribution in [0, 0.1) is 6.92 Å². The molecule has 0 amide bonds. The molecule has 0 aromatic heterocycles. The molecule has 3 rings (SSSR count). The predicted octanol–water partition coefficient (Wildman–Crippen LogP) is 3.57. The van der Waals surface area contributed by atoms with Crippen LogP contribution in [0.4, 0.5) is 0 Å². The number of carbonyl (C=O) groups excluding carboxylic acids is 1. The number of phenolic OH excluding ortho intramolecular Hbond substituents is 1. The highest BCUT2D eigenvalue weighted by Crippen LogP contribution is 2.38. The van der Waals surface area contributed by atoms with Crippen LogP contribution < -0.4 is 9.47 Å². The van der Waals surface area contributed by atoms with Crippen molar-refractivity contribution in [3.05, 3.63) is 89.0 Å². The summed E-state index contributed by atoms with van der Waals surface area (Å²) < 4.78 is 11.4. The van der Waals surface area contributed by atoms with Crippen LogP contribution in [0.3, 0.4) is 0 Å². The van der Waals surface area contributed by atoms with Crippen LogP contribution in [-0.2, 0) is 6.61 Å². The Morgan fingerprint density at radius 3 is 2.17 bits per heavy atom.